The van der Waals surface area contributed by atoms with Gasteiger partial charge in [-0.05, 0) is 33.8 Å². The Morgan fingerprint density at radius 1 is 1.24 bits per heavy atom. The molecule has 0 amide bonds. The van der Waals surface area contributed by atoms with Crippen molar-refractivity contribution in [3.8, 4) is 0 Å². The molecule has 0 bridgehead atoms. The number of aliphatic hydroxyl groups is 2. The third-order valence-corrected chi connectivity index (χ3v) is 2.58. The van der Waals surface area contributed by atoms with Gasteiger partial charge < -0.3 is 10.2 Å². The maximum atomic E-state index is 12.2. The molecule has 0 fully saturated rings. The van der Waals surface area contributed by atoms with Crippen molar-refractivity contribution < 1.29 is 14.6 Å². The number of hydrogen-bond acceptors (Lipinski definition) is 3. The lowest BCUT2D eigenvalue weighted by Crippen LogP contribution is -2.44. The highest BCUT2D eigenvalue weighted by Crippen LogP contribution is 2.19. The molecule has 0 saturated carbocycles. The maximum absolute atomic E-state index is 12.2. The Morgan fingerprint density at radius 3 is 1.88 bits per heavy atom. The van der Waals surface area contributed by atoms with Crippen LogP contribution in [0.5, 0.6) is 0 Å². The molecule has 0 aromatic carbocycles. The number of hydrogen-bond donors (Lipinski definition) is 2. The molecule has 1 heterocycles. The highest BCUT2D eigenvalue weighted by Gasteiger charge is 2.31. The molecule has 0 saturated heterocycles. The van der Waals surface area contributed by atoms with Crippen LogP contribution in [0.4, 0.5) is 4.39 Å². The SMILES string of the molecule is CC(C)(O)C(C)(C)O.[B]c1cnc(F)c(Cl)c1. The molecule has 1 aromatic heterocycles. The Labute approximate surface area is 107 Å². The first-order valence-electron chi connectivity index (χ1n) is 4.96. The van der Waals surface area contributed by atoms with Crippen LogP contribution in [0, 0.1) is 5.95 Å². The zero-order valence-corrected chi connectivity index (χ0v) is 11.1. The Morgan fingerprint density at radius 2 is 1.65 bits per heavy atom. The fraction of sp³-hybridized carbons (Fsp3) is 0.545. The summed E-state index contributed by atoms with van der Waals surface area (Å²) >= 11 is 5.30. The van der Waals surface area contributed by atoms with Gasteiger partial charge in [0.15, 0.2) is 0 Å². The molecule has 6 heteroatoms. The van der Waals surface area contributed by atoms with Gasteiger partial charge in [0.2, 0.25) is 5.95 Å². The second kappa shape index (κ2) is 5.80. The molecule has 0 aliphatic rings. The van der Waals surface area contributed by atoms with Crippen LogP contribution >= 0.6 is 11.6 Å². The van der Waals surface area contributed by atoms with Gasteiger partial charge >= 0.3 is 0 Å². The van der Waals surface area contributed by atoms with E-state index in [2.05, 4.69) is 4.98 Å². The fourth-order valence-corrected chi connectivity index (χ4v) is 0.611. The van der Waals surface area contributed by atoms with Gasteiger partial charge in [-0.1, -0.05) is 17.1 Å². The van der Waals surface area contributed by atoms with E-state index in [4.69, 9.17) is 29.7 Å². The second-order valence-electron chi connectivity index (χ2n) is 4.66. The molecule has 94 valence electrons. The summed E-state index contributed by atoms with van der Waals surface area (Å²) in [7, 11) is 5.21. The van der Waals surface area contributed by atoms with Gasteiger partial charge in [0, 0.05) is 6.20 Å². The minimum absolute atomic E-state index is 0.0463. The highest BCUT2D eigenvalue weighted by atomic mass is 35.5. The molecular formula is C11H16BClFNO2. The van der Waals surface area contributed by atoms with Crippen LogP contribution in [0.1, 0.15) is 27.7 Å². The molecule has 3 nitrogen and oxygen atoms in total. The van der Waals surface area contributed by atoms with E-state index in [0.717, 1.165) is 0 Å². The van der Waals surface area contributed by atoms with Crippen LogP contribution in [-0.4, -0.2) is 34.2 Å². The quantitative estimate of drug-likeness (QED) is 0.588. The largest absolute Gasteiger partial charge is 0.387 e. The van der Waals surface area contributed by atoms with Crippen molar-refractivity contribution in [2.24, 2.45) is 0 Å². The maximum Gasteiger partial charge on any atom is 0.231 e. The predicted octanol–water partition coefficient (Wildman–Crippen LogP) is 1.20. The van der Waals surface area contributed by atoms with Crippen LogP contribution < -0.4 is 5.46 Å². The van der Waals surface area contributed by atoms with E-state index >= 15 is 0 Å². The number of aromatic nitrogens is 1. The first-order chi connectivity index (χ1) is 7.45. The summed E-state index contributed by atoms with van der Waals surface area (Å²) in [4.78, 5) is 3.25. The van der Waals surface area contributed by atoms with E-state index in [1.54, 1.807) is 27.7 Å². The summed E-state index contributed by atoms with van der Waals surface area (Å²) in [5.74, 6) is -0.689. The van der Waals surface area contributed by atoms with Crippen molar-refractivity contribution in [3.05, 3.63) is 23.2 Å². The summed E-state index contributed by atoms with van der Waals surface area (Å²) in [5.41, 5.74) is -1.65. The zero-order chi connectivity index (χ0) is 13.9. The first kappa shape index (κ1) is 16.4. The van der Waals surface area contributed by atoms with Crippen LogP contribution in [0.25, 0.3) is 0 Å². The number of rotatable bonds is 1. The van der Waals surface area contributed by atoms with Crippen LogP contribution in [0.15, 0.2) is 12.3 Å². The van der Waals surface area contributed by atoms with Crippen molar-refractivity contribution in [1.82, 2.24) is 4.98 Å². The molecule has 1 aromatic rings. The Kier molecular flexibility index (Phi) is 5.58. The van der Waals surface area contributed by atoms with Gasteiger partial charge in [-0.15, -0.1) is 0 Å². The molecule has 2 radical (unpaired) electrons. The number of halogens is 2. The lowest BCUT2D eigenvalue weighted by Gasteiger charge is -2.31. The van der Waals surface area contributed by atoms with E-state index in [0.29, 0.717) is 5.46 Å². The molecule has 0 unspecified atom stereocenters. The summed E-state index contributed by atoms with van der Waals surface area (Å²) in [6, 6.07) is 1.31. The van der Waals surface area contributed by atoms with Gasteiger partial charge in [-0.2, -0.15) is 4.39 Å². The third-order valence-electron chi connectivity index (χ3n) is 2.31. The van der Waals surface area contributed by atoms with Gasteiger partial charge in [-0.3, -0.25) is 0 Å². The molecule has 0 atom stereocenters. The molecular weight excluding hydrogens is 243 g/mol. The monoisotopic (exact) mass is 259 g/mol. The van der Waals surface area contributed by atoms with Crippen molar-refractivity contribution in [2.75, 3.05) is 0 Å². The molecule has 0 aliphatic carbocycles. The molecule has 0 aliphatic heterocycles. The highest BCUT2D eigenvalue weighted by molar-refractivity contribution is 6.35. The van der Waals surface area contributed by atoms with Crippen LogP contribution in [0.2, 0.25) is 5.02 Å². The lowest BCUT2D eigenvalue weighted by molar-refractivity contribution is -0.107. The van der Waals surface area contributed by atoms with E-state index in [1.165, 1.54) is 12.3 Å². The first-order valence-corrected chi connectivity index (χ1v) is 5.34. The average Bonchev–Trinajstić information content (AvgIpc) is 2.09. The summed E-state index contributed by atoms with van der Waals surface area (Å²) in [6.07, 6.45) is 1.21. The topological polar surface area (TPSA) is 53.4 Å². The smallest absolute Gasteiger partial charge is 0.231 e. The standard InChI is InChI=1S/C6H14O2.C5H2BClFN/c1-5(2,7)6(3,4)8;6-3-1-4(7)5(8)9-2-3/h7-8H,1-4H3;1-2H. The molecule has 1 rings (SSSR count). The number of pyridine rings is 1. The van der Waals surface area contributed by atoms with Gasteiger partial charge in [0.05, 0.1) is 16.2 Å². The summed E-state index contributed by atoms with van der Waals surface area (Å²) in [6.45, 7) is 6.31. The van der Waals surface area contributed by atoms with Gasteiger partial charge in [0.1, 0.15) is 7.85 Å². The number of nitrogens with zero attached hydrogens (tertiary/aromatic N) is 1. The Bertz CT molecular complexity index is 363. The van der Waals surface area contributed by atoms with Crippen molar-refractivity contribution in [3.63, 3.8) is 0 Å². The Hall–Kier alpha value is -0.645. The van der Waals surface area contributed by atoms with Crippen LogP contribution in [-0.2, 0) is 0 Å². The van der Waals surface area contributed by atoms with E-state index in [1.807, 2.05) is 0 Å². The van der Waals surface area contributed by atoms with Crippen molar-refractivity contribution in [1.29, 1.82) is 0 Å². The average molecular weight is 260 g/mol. The van der Waals surface area contributed by atoms with Crippen molar-refractivity contribution >= 4 is 24.9 Å². The minimum Gasteiger partial charge on any atom is -0.387 e. The predicted molar refractivity (Wildman–Crippen MR) is 67.2 cm³/mol. The molecule has 0 spiro atoms. The molecule has 17 heavy (non-hydrogen) atoms. The third kappa shape index (κ3) is 6.01. The van der Waals surface area contributed by atoms with Crippen LogP contribution in [0.3, 0.4) is 0 Å². The molecule has 2 N–H and O–H groups in total. The summed E-state index contributed by atoms with van der Waals surface area (Å²) in [5, 5.41) is 18.2. The summed E-state index contributed by atoms with van der Waals surface area (Å²) < 4.78 is 12.2. The van der Waals surface area contributed by atoms with E-state index in [-0.39, 0.29) is 5.02 Å². The Balaban J connectivity index is 0.000000304. The van der Waals surface area contributed by atoms with E-state index < -0.39 is 17.1 Å². The zero-order valence-electron chi connectivity index (χ0n) is 10.3. The normalized spacial score (nSPS) is 11.8. The lowest BCUT2D eigenvalue weighted by atomic mass is 9.90. The minimum atomic E-state index is -1.01. The van der Waals surface area contributed by atoms with E-state index in [9.17, 15) is 4.39 Å². The second-order valence-corrected chi connectivity index (χ2v) is 5.07. The van der Waals surface area contributed by atoms with Gasteiger partial charge in [0.25, 0.3) is 0 Å². The van der Waals surface area contributed by atoms with Gasteiger partial charge in [-0.25, -0.2) is 4.98 Å². The fourth-order valence-electron chi connectivity index (χ4n) is 0.436. The van der Waals surface area contributed by atoms with Crippen molar-refractivity contribution in [2.45, 2.75) is 38.9 Å².